The van der Waals surface area contributed by atoms with Crippen molar-refractivity contribution < 1.29 is 55.8 Å². The van der Waals surface area contributed by atoms with E-state index in [1.54, 1.807) is 26.8 Å². The number of alkyl carbamates (subject to hydrolysis) is 1. The molecule has 2 aliphatic heterocycles. The van der Waals surface area contributed by atoms with Crippen LogP contribution in [0, 0.1) is 17.7 Å². The van der Waals surface area contributed by atoms with E-state index in [9.17, 15) is 46.4 Å². The fourth-order valence-corrected chi connectivity index (χ4v) is 9.57. The van der Waals surface area contributed by atoms with Gasteiger partial charge in [-0.1, -0.05) is 25.0 Å². The zero-order valence-electron chi connectivity index (χ0n) is 33.2. The van der Waals surface area contributed by atoms with Gasteiger partial charge in [0.25, 0.3) is 5.91 Å². The maximum absolute atomic E-state index is 14.3. The Kier molecular flexibility index (Phi) is 14.8. The van der Waals surface area contributed by atoms with Gasteiger partial charge in [-0.25, -0.2) is 22.4 Å². The second-order valence-electron chi connectivity index (χ2n) is 16.4. The number of primary amides is 1. The number of carbonyl (C=O) groups excluding carboxylic acids is 7. The van der Waals surface area contributed by atoms with Crippen LogP contribution in [0.1, 0.15) is 83.3 Å². The highest BCUT2D eigenvalue weighted by atomic mass is 35.5. The van der Waals surface area contributed by atoms with E-state index in [-0.39, 0.29) is 45.1 Å². The summed E-state index contributed by atoms with van der Waals surface area (Å²) in [5, 5.41) is 1.76. The number of halogens is 3. The van der Waals surface area contributed by atoms with Gasteiger partial charge in [0.1, 0.15) is 41.4 Å². The Bertz CT molecular complexity index is 1930. The van der Waals surface area contributed by atoms with Crippen molar-refractivity contribution in [3.05, 3.63) is 35.1 Å². The molecule has 1 aromatic carbocycles. The summed E-state index contributed by atoms with van der Waals surface area (Å²) in [5.74, 6) is -6.23. The van der Waals surface area contributed by atoms with E-state index >= 15 is 0 Å². The number of fused-ring (bicyclic) bond motifs is 1. The maximum atomic E-state index is 14.3. The van der Waals surface area contributed by atoms with Crippen LogP contribution in [-0.4, -0.2) is 130 Å². The Morgan fingerprint density at radius 1 is 1.00 bits per heavy atom. The van der Waals surface area contributed by atoms with Crippen LogP contribution >= 0.6 is 23.2 Å². The topological polar surface area (TPSA) is 223 Å². The minimum absolute atomic E-state index is 0.0226. The second kappa shape index (κ2) is 19.0. The standard InChI is InChI=1S/C38H51Cl2FN6O11S/c1-38(2,3)58-36(53)43-29(35(52)46-19-24(15-30(46)33(42)50)57-37(54)45-18-23-9-7-10-28(41)27(23)20-45)21-44(31(48)16-39)13-6-4-5-8-22-14-26(22)34(51)47(32(49)17-40)59(55,56)25-11-12-25/h7,9-10,22,24-26,29-30H,4-6,8,11-21H2,1-3H3,(H2,42,50)(H,43,53)/t22-,24-,26+,29+,30?/m1/s1. The lowest BCUT2D eigenvalue weighted by Crippen LogP contribution is -2.57. The molecule has 1 aromatic rings. The number of sulfonamides is 1. The molecule has 17 nitrogen and oxygen atoms in total. The van der Waals surface area contributed by atoms with Crippen molar-refractivity contribution in [3.8, 4) is 0 Å². The number of rotatable bonds is 17. The van der Waals surface area contributed by atoms with E-state index in [2.05, 4.69) is 5.32 Å². The normalized spacial score (nSPS) is 21.6. The molecule has 0 bridgehead atoms. The van der Waals surface area contributed by atoms with Crippen molar-refractivity contribution >= 4 is 74.9 Å². The number of nitrogens with two attached hydrogens (primary N) is 1. The lowest BCUT2D eigenvalue weighted by atomic mass is 10.1. The van der Waals surface area contributed by atoms with Crippen LogP contribution in [0.5, 0.6) is 0 Å². The van der Waals surface area contributed by atoms with Gasteiger partial charge in [0.15, 0.2) is 0 Å². The lowest BCUT2D eigenvalue weighted by molar-refractivity contribution is -0.140. The molecular formula is C38H51Cl2FN6O11S. The van der Waals surface area contributed by atoms with Crippen LogP contribution < -0.4 is 11.1 Å². The third-order valence-electron chi connectivity index (χ3n) is 10.7. The zero-order valence-corrected chi connectivity index (χ0v) is 35.5. The van der Waals surface area contributed by atoms with Gasteiger partial charge in [-0.3, -0.25) is 28.9 Å². The zero-order chi connectivity index (χ0) is 43.4. The summed E-state index contributed by atoms with van der Waals surface area (Å²) in [6.07, 6.45) is 0.460. The molecular weight excluding hydrogens is 838 g/mol. The lowest BCUT2D eigenvalue weighted by Gasteiger charge is -2.32. The highest BCUT2D eigenvalue weighted by molar-refractivity contribution is 7.91. The number of ether oxygens (including phenoxy) is 2. The Labute approximate surface area is 352 Å². The van der Waals surface area contributed by atoms with Crippen LogP contribution in [0.3, 0.4) is 0 Å². The first-order valence-corrected chi connectivity index (χ1v) is 22.1. The molecule has 0 aromatic heterocycles. The number of carbonyl (C=O) groups is 7. The molecule has 21 heteroatoms. The molecule has 7 amide bonds. The largest absolute Gasteiger partial charge is 0.444 e. The van der Waals surface area contributed by atoms with E-state index < -0.39 is 104 Å². The number of nitrogens with one attached hydrogen (secondary N) is 1. The Morgan fingerprint density at radius 3 is 2.31 bits per heavy atom. The number of imide groups is 1. The van der Waals surface area contributed by atoms with Crippen LogP contribution in [0.15, 0.2) is 18.2 Å². The smallest absolute Gasteiger partial charge is 0.410 e. The SMILES string of the molecule is CC(C)(C)OC(=O)N[C@@H](CN(CCCCC[C@@H]1C[C@@H]1C(=O)N(C(=O)CCl)S(=O)(=O)C1CC1)C(=O)CCl)C(=O)N1C[C@H](OC(=O)N2Cc3cccc(F)c3C2)CC1C(N)=O. The Balaban J connectivity index is 1.19. The molecule has 0 spiro atoms. The van der Waals surface area contributed by atoms with E-state index in [1.165, 1.54) is 21.9 Å². The van der Waals surface area contributed by atoms with Gasteiger partial charge in [-0.05, 0) is 70.4 Å². The molecule has 4 aliphatic rings. The first kappa shape index (κ1) is 45.8. The summed E-state index contributed by atoms with van der Waals surface area (Å²) in [6, 6.07) is 1.85. The maximum Gasteiger partial charge on any atom is 0.410 e. The monoisotopic (exact) mass is 888 g/mol. The summed E-state index contributed by atoms with van der Waals surface area (Å²) < 4.78 is 51.3. The van der Waals surface area contributed by atoms with Gasteiger partial charge in [0, 0.05) is 31.0 Å². The number of hydrogen-bond acceptors (Lipinski definition) is 11. The summed E-state index contributed by atoms with van der Waals surface area (Å²) >= 11 is 11.6. The van der Waals surface area contributed by atoms with Gasteiger partial charge in [-0.2, -0.15) is 4.31 Å². The minimum Gasteiger partial charge on any atom is -0.444 e. The molecule has 5 rings (SSSR count). The highest BCUT2D eigenvalue weighted by Gasteiger charge is 2.52. The summed E-state index contributed by atoms with van der Waals surface area (Å²) in [7, 11) is -4.10. The molecule has 326 valence electrons. The third-order valence-corrected chi connectivity index (χ3v) is 13.3. The van der Waals surface area contributed by atoms with Gasteiger partial charge in [0.05, 0.1) is 24.9 Å². The van der Waals surface area contributed by atoms with Crippen LogP contribution in [-0.2, 0) is 56.6 Å². The second-order valence-corrected chi connectivity index (χ2v) is 19.0. The molecule has 3 fully saturated rings. The average molecular weight is 890 g/mol. The van der Waals surface area contributed by atoms with Crippen molar-refractivity contribution in [1.82, 2.24) is 24.3 Å². The average Bonchev–Trinajstić information content (AvgIpc) is 4.08. The predicted octanol–water partition coefficient (Wildman–Crippen LogP) is 2.98. The number of nitrogens with zero attached hydrogens (tertiary/aromatic N) is 4. The van der Waals surface area contributed by atoms with E-state index in [0.717, 1.165) is 4.90 Å². The summed E-state index contributed by atoms with van der Waals surface area (Å²) in [6.45, 7) is 4.41. The third kappa shape index (κ3) is 11.5. The molecule has 0 radical (unpaired) electrons. The number of alkyl halides is 2. The van der Waals surface area contributed by atoms with Gasteiger partial charge in [0.2, 0.25) is 33.7 Å². The quantitative estimate of drug-likeness (QED) is 0.171. The van der Waals surface area contributed by atoms with Crippen molar-refractivity contribution in [1.29, 1.82) is 0 Å². The molecule has 2 aliphatic carbocycles. The highest BCUT2D eigenvalue weighted by Crippen LogP contribution is 2.45. The van der Waals surface area contributed by atoms with Gasteiger partial charge in [-0.15, -0.1) is 23.2 Å². The number of unbranched alkanes of at least 4 members (excludes halogenated alkanes) is 2. The van der Waals surface area contributed by atoms with Gasteiger partial charge >= 0.3 is 12.2 Å². The molecule has 2 saturated carbocycles. The number of likely N-dealkylation sites (tertiary alicyclic amines) is 1. The minimum atomic E-state index is -4.10. The molecule has 5 atom stereocenters. The Morgan fingerprint density at radius 2 is 1.69 bits per heavy atom. The van der Waals surface area contributed by atoms with Crippen LogP contribution in [0.4, 0.5) is 14.0 Å². The van der Waals surface area contributed by atoms with Crippen molar-refractivity contribution in [3.63, 3.8) is 0 Å². The van der Waals surface area contributed by atoms with E-state index in [4.69, 9.17) is 38.4 Å². The number of amides is 7. The van der Waals surface area contributed by atoms with Crippen molar-refractivity contribution in [2.75, 3.05) is 31.4 Å². The fraction of sp³-hybridized carbons (Fsp3) is 0.658. The van der Waals surface area contributed by atoms with Gasteiger partial charge < -0.3 is 30.3 Å². The molecule has 1 unspecified atom stereocenters. The van der Waals surface area contributed by atoms with E-state index in [0.29, 0.717) is 60.4 Å². The molecule has 3 N–H and O–H groups in total. The van der Waals surface area contributed by atoms with Crippen molar-refractivity contribution in [2.24, 2.45) is 17.6 Å². The predicted molar refractivity (Wildman–Crippen MR) is 210 cm³/mol. The first-order chi connectivity index (χ1) is 27.7. The van der Waals surface area contributed by atoms with Crippen LogP contribution in [0.2, 0.25) is 0 Å². The summed E-state index contributed by atoms with van der Waals surface area (Å²) in [4.78, 5) is 95.2. The molecule has 59 heavy (non-hydrogen) atoms. The molecule has 1 saturated heterocycles. The number of hydrogen-bond donors (Lipinski definition) is 2. The fourth-order valence-electron chi connectivity index (χ4n) is 7.45. The Hall–Kier alpha value is -4.23. The summed E-state index contributed by atoms with van der Waals surface area (Å²) in [5.41, 5.74) is 5.73. The van der Waals surface area contributed by atoms with Crippen molar-refractivity contribution in [2.45, 2.75) is 114 Å². The van der Waals surface area contributed by atoms with E-state index in [1.807, 2.05) is 0 Å². The molecule has 2 heterocycles. The number of benzene rings is 1. The van der Waals surface area contributed by atoms with Crippen LogP contribution in [0.25, 0.3) is 0 Å². The first-order valence-electron chi connectivity index (χ1n) is 19.6.